The Morgan fingerprint density at radius 2 is 2.00 bits per heavy atom. The summed E-state index contributed by atoms with van der Waals surface area (Å²) in [5.74, 6) is 0. The van der Waals surface area contributed by atoms with Crippen LogP contribution in [0.15, 0.2) is 22.7 Å². The summed E-state index contributed by atoms with van der Waals surface area (Å²) in [6, 6.07) is 6.17. The molecule has 1 aliphatic heterocycles. The summed E-state index contributed by atoms with van der Waals surface area (Å²) >= 11 is 1.89. The Labute approximate surface area is 78.0 Å². The van der Waals surface area contributed by atoms with E-state index >= 15 is 0 Å². The average Bonchev–Trinajstić information content (AvgIpc) is 2.27. The predicted octanol–water partition coefficient (Wildman–Crippen LogP) is 2.05. The van der Waals surface area contributed by atoms with Crippen molar-refractivity contribution in [2.75, 3.05) is 0 Å². The molecule has 1 heterocycles. The van der Waals surface area contributed by atoms with Crippen LogP contribution in [0.4, 0.5) is 0 Å². The fraction of sp³-hybridized carbons (Fsp3) is 0.250. The van der Waals surface area contributed by atoms with E-state index in [9.17, 15) is 3.83 Å². The van der Waals surface area contributed by atoms with Crippen LogP contribution >= 0.6 is 15.9 Å². The first-order valence-corrected chi connectivity index (χ1v) is 7.29. The number of hydrogen-bond acceptors (Lipinski definition) is 1. The molecule has 0 spiro atoms. The van der Waals surface area contributed by atoms with Crippen LogP contribution in [-0.4, -0.2) is 13.8 Å². The third kappa shape index (κ3) is 1.46. The van der Waals surface area contributed by atoms with Crippen molar-refractivity contribution in [2.24, 2.45) is 0 Å². The normalized spacial score (nSPS) is 21.7. The van der Waals surface area contributed by atoms with Crippen molar-refractivity contribution in [3.05, 3.63) is 33.8 Å². The van der Waals surface area contributed by atoms with Crippen molar-refractivity contribution < 1.29 is 3.83 Å². The van der Waals surface area contributed by atoms with E-state index < -0.39 is 13.8 Å². The number of halogens is 1. The van der Waals surface area contributed by atoms with E-state index in [0.717, 1.165) is 15.1 Å². The van der Waals surface area contributed by atoms with E-state index in [4.69, 9.17) is 0 Å². The Hall–Kier alpha value is 0.0195. The molecular formula is C8H7BrOSe. The summed E-state index contributed by atoms with van der Waals surface area (Å²) in [6.07, 6.45) is 0. The van der Waals surface area contributed by atoms with Gasteiger partial charge >= 0.3 is 78.0 Å². The third-order valence-corrected chi connectivity index (χ3v) is 4.95. The van der Waals surface area contributed by atoms with Crippen molar-refractivity contribution in [3.8, 4) is 0 Å². The number of rotatable bonds is 0. The zero-order valence-electron chi connectivity index (χ0n) is 5.84. The van der Waals surface area contributed by atoms with E-state index in [-0.39, 0.29) is 0 Å². The van der Waals surface area contributed by atoms with Gasteiger partial charge in [-0.1, -0.05) is 0 Å². The summed E-state index contributed by atoms with van der Waals surface area (Å²) in [6.45, 7) is 0. The van der Waals surface area contributed by atoms with Gasteiger partial charge in [-0.2, -0.15) is 0 Å². The van der Waals surface area contributed by atoms with Gasteiger partial charge in [-0.15, -0.1) is 0 Å². The Morgan fingerprint density at radius 3 is 2.82 bits per heavy atom. The van der Waals surface area contributed by atoms with Gasteiger partial charge in [0.1, 0.15) is 0 Å². The minimum atomic E-state index is -1.51. The molecule has 0 aliphatic carbocycles. The van der Waals surface area contributed by atoms with E-state index in [1.54, 1.807) is 0 Å². The van der Waals surface area contributed by atoms with Gasteiger partial charge in [-0.05, 0) is 0 Å². The van der Waals surface area contributed by atoms with Crippen molar-refractivity contribution in [3.63, 3.8) is 0 Å². The van der Waals surface area contributed by atoms with Gasteiger partial charge in [0.2, 0.25) is 0 Å². The zero-order valence-corrected chi connectivity index (χ0v) is 9.14. The molecule has 11 heavy (non-hydrogen) atoms. The SMILES string of the molecule is O=[Se]1Cc2ccc(Br)cc2C1. The molecule has 1 aromatic rings. The summed E-state index contributed by atoms with van der Waals surface area (Å²) in [7, 11) is 0. The Balaban J connectivity index is 2.51. The number of hydrogen-bond donors (Lipinski definition) is 0. The Morgan fingerprint density at radius 1 is 1.27 bits per heavy atom. The van der Waals surface area contributed by atoms with Crippen LogP contribution in [0.1, 0.15) is 11.1 Å². The topological polar surface area (TPSA) is 17.1 Å². The molecule has 1 aliphatic rings. The monoisotopic (exact) mass is 278 g/mol. The minimum absolute atomic E-state index is 0.828. The van der Waals surface area contributed by atoms with Gasteiger partial charge in [0, 0.05) is 0 Å². The maximum atomic E-state index is 11.2. The van der Waals surface area contributed by atoms with Crippen molar-refractivity contribution >= 4 is 29.8 Å². The van der Waals surface area contributed by atoms with Gasteiger partial charge in [0.25, 0.3) is 0 Å². The van der Waals surface area contributed by atoms with Gasteiger partial charge < -0.3 is 0 Å². The second-order valence-electron chi connectivity index (χ2n) is 2.64. The molecule has 0 saturated heterocycles. The first-order chi connectivity index (χ1) is 5.25. The molecule has 1 nitrogen and oxygen atoms in total. The molecule has 0 amide bonds. The van der Waals surface area contributed by atoms with Crippen LogP contribution in [0.25, 0.3) is 0 Å². The molecular weight excluding hydrogens is 271 g/mol. The molecule has 0 fully saturated rings. The molecule has 58 valence electrons. The van der Waals surface area contributed by atoms with Crippen LogP contribution in [0, 0.1) is 0 Å². The second kappa shape index (κ2) is 2.81. The molecule has 0 aromatic heterocycles. The molecule has 1 unspecified atom stereocenters. The van der Waals surface area contributed by atoms with Gasteiger partial charge in [0.15, 0.2) is 0 Å². The molecule has 0 saturated carbocycles. The molecule has 0 radical (unpaired) electrons. The zero-order chi connectivity index (χ0) is 7.84. The van der Waals surface area contributed by atoms with Crippen molar-refractivity contribution in [2.45, 2.75) is 10.6 Å². The van der Waals surface area contributed by atoms with Crippen molar-refractivity contribution in [1.29, 1.82) is 0 Å². The van der Waals surface area contributed by atoms with E-state index in [2.05, 4.69) is 28.1 Å². The van der Waals surface area contributed by atoms with E-state index in [1.807, 2.05) is 6.07 Å². The van der Waals surface area contributed by atoms with Crippen LogP contribution in [0.3, 0.4) is 0 Å². The van der Waals surface area contributed by atoms with Gasteiger partial charge in [-0.25, -0.2) is 0 Å². The summed E-state index contributed by atoms with van der Waals surface area (Å²) in [5, 5.41) is 1.66. The standard InChI is InChI=1S/C8H7BrOSe/c9-8-2-1-6-4-11(10)5-7(6)3-8/h1-3H,4-5H2. The number of fused-ring (bicyclic) bond motifs is 1. The molecule has 1 atom stereocenters. The van der Waals surface area contributed by atoms with Crippen LogP contribution in [0.2, 0.25) is 0 Å². The number of benzene rings is 1. The Kier molecular flexibility index (Phi) is 1.96. The summed E-state index contributed by atoms with van der Waals surface area (Å²) in [4.78, 5) is 0. The van der Waals surface area contributed by atoms with Gasteiger partial charge in [0.05, 0.1) is 0 Å². The first-order valence-electron chi connectivity index (χ1n) is 3.38. The molecule has 3 heteroatoms. The van der Waals surface area contributed by atoms with Crippen LogP contribution in [-0.2, 0) is 14.5 Å². The second-order valence-corrected chi connectivity index (χ2v) is 6.61. The molecule has 2 rings (SSSR count). The fourth-order valence-electron chi connectivity index (χ4n) is 1.27. The predicted molar refractivity (Wildman–Crippen MR) is 48.0 cm³/mol. The summed E-state index contributed by atoms with van der Waals surface area (Å²) < 4.78 is 12.3. The van der Waals surface area contributed by atoms with Crippen LogP contribution < -0.4 is 0 Å². The molecule has 0 bridgehead atoms. The fourth-order valence-corrected chi connectivity index (χ4v) is 4.50. The molecule has 0 N–H and O–H groups in total. The van der Waals surface area contributed by atoms with Crippen LogP contribution in [0.5, 0.6) is 0 Å². The van der Waals surface area contributed by atoms with Gasteiger partial charge in [-0.3, -0.25) is 0 Å². The molecule has 1 aromatic carbocycles. The third-order valence-electron chi connectivity index (χ3n) is 1.80. The first kappa shape index (κ1) is 7.66. The van der Waals surface area contributed by atoms with Crippen molar-refractivity contribution in [1.82, 2.24) is 0 Å². The Bertz CT molecular complexity index is 322. The maximum absolute atomic E-state index is 11.2. The average molecular weight is 278 g/mol. The van der Waals surface area contributed by atoms with E-state index in [0.29, 0.717) is 0 Å². The summed E-state index contributed by atoms with van der Waals surface area (Å²) in [5.41, 5.74) is 2.56. The quantitative estimate of drug-likeness (QED) is 0.664. The van der Waals surface area contributed by atoms with E-state index in [1.165, 1.54) is 11.1 Å².